The van der Waals surface area contributed by atoms with Crippen molar-refractivity contribution in [1.82, 2.24) is 40.4 Å². The lowest BCUT2D eigenvalue weighted by Crippen LogP contribution is -2.51. The number of rotatable bonds is 12. The third-order valence-electron chi connectivity index (χ3n) is 14.0. The monoisotopic (exact) mass is 947 g/mol. The minimum absolute atomic E-state index is 0.109. The molecule has 2 saturated heterocycles. The molecule has 2 aromatic heterocycles. The number of hydrogen-bond donors (Lipinski definition) is 4. The van der Waals surface area contributed by atoms with E-state index in [1.54, 1.807) is 0 Å². The number of aromatic amines is 2. The van der Waals surface area contributed by atoms with E-state index in [-0.39, 0.29) is 35.7 Å². The minimum atomic E-state index is -0.695. The van der Waals surface area contributed by atoms with Gasteiger partial charge in [-0.15, -0.1) is 0 Å². The lowest BCUT2D eigenvalue weighted by molar-refractivity contribution is -0.136. The molecule has 4 aliphatic rings. The summed E-state index contributed by atoms with van der Waals surface area (Å²) < 4.78 is 9.59. The highest BCUT2D eigenvalue weighted by molar-refractivity contribution is 5.87. The topological polar surface area (TPSA) is 175 Å². The summed E-state index contributed by atoms with van der Waals surface area (Å²) in [6.07, 6.45) is 11.2. The van der Waals surface area contributed by atoms with Crippen LogP contribution in [-0.4, -0.2) is 93.1 Å². The molecule has 3 aromatic carbocycles. The lowest BCUT2D eigenvalue weighted by atomic mass is 9.87. The maximum atomic E-state index is 13.7. The van der Waals surface area contributed by atoms with Gasteiger partial charge in [0.1, 0.15) is 23.7 Å². The average molecular weight is 947 g/mol. The van der Waals surface area contributed by atoms with Gasteiger partial charge < -0.3 is 39.9 Å². The Hall–Kier alpha value is -7.22. The zero-order valence-electron chi connectivity index (χ0n) is 41.3. The van der Waals surface area contributed by atoms with Gasteiger partial charge in [-0.25, -0.2) is 19.6 Å². The van der Waals surface area contributed by atoms with Crippen molar-refractivity contribution in [2.75, 3.05) is 27.3 Å². The molecule has 366 valence electrons. The maximum Gasteiger partial charge on any atom is 0.407 e. The first kappa shape index (κ1) is 49.2. The standard InChI is InChI=1S/C56H66N8O6/c1-33(2)49(61-55(67)69-7)53(65)63-27-9-11-47(63)51-57-31-45(59-51)41-23-19-38(20-24-41)43-29-35(5)13-17-39-18-16-37(15-14-36(43)6)30-44(39)40-21-25-42(26-22-40)46-32-58-52(60-46)48-12-10-28-64(48)54(66)50(34(3)4)62-56(68)70-8/h16,18-26,29-34,47-50H,5-6,9-15,17,27-28H2,1-4,7-8H3,(H,57,59)(H,58,60)(H,61,67)(H,62,68)/b43-29+/t47-,48-,49?,50?/m0/s1. The highest BCUT2D eigenvalue weighted by Gasteiger charge is 2.39. The molecule has 0 saturated carbocycles. The molecule has 4 amide bonds. The van der Waals surface area contributed by atoms with Gasteiger partial charge in [-0.05, 0) is 102 Å². The SMILES string of the molecule is C=C1/C=C(/c2ccc(-c3c[nH]c([C@@H]4CCCN4C(=O)C(NC(=O)OC)C(C)C)n3)cc2)C(=C)CCc2ccc(c(-c3ccc(-c4c[nH]c([C@@H]5CCCN5C(=O)C(NC(=O)OC)C(C)C)n4)cc3)c2)CC1. The number of nitrogens with zero attached hydrogens (tertiary/aromatic N) is 4. The van der Waals surface area contributed by atoms with Crippen LogP contribution >= 0.6 is 0 Å². The Balaban J connectivity index is 0.934. The third kappa shape index (κ3) is 10.8. The van der Waals surface area contributed by atoms with Crippen molar-refractivity contribution in [3.63, 3.8) is 0 Å². The molecule has 2 unspecified atom stereocenters. The Morgan fingerprint density at radius 1 is 0.643 bits per heavy atom. The summed E-state index contributed by atoms with van der Waals surface area (Å²) in [7, 11) is 2.59. The Morgan fingerprint density at radius 3 is 1.61 bits per heavy atom. The first-order valence-corrected chi connectivity index (χ1v) is 24.5. The van der Waals surface area contributed by atoms with Gasteiger partial charge in [0.2, 0.25) is 11.8 Å². The van der Waals surface area contributed by atoms with Gasteiger partial charge in [0.05, 0.1) is 37.7 Å². The van der Waals surface area contributed by atoms with Gasteiger partial charge in [0.25, 0.3) is 0 Å². The van der Waals surface area contributed by atoms with Crippen LogP contribution in [0, 0.1) is 11.8 Å². The number of aryl methyl sites for hydroxylation is 2. The minimum Gasteiger partial charge on any atom is -0.453 e. The molecule has 9 rings (SSSR count). The predicted octanol–water partition coefficient (Wildman–Crippen LogP) is 10.3. The molecule has 4 heterocycles. The fourth-order valence-corrected chi connectivity index (χ4v) is 9.99. The van der Waals surface area contributed by atoms with E-state index in [1.165, 1.54) is 30.9 Å². The molecule has 14 heteroatoms. The smallest absolute Gasteiger partial charge is 0.407 e. The predicted molar refractivity (Wildman–Crippen MR) is 272 cm³/mol. The van der Waals surface area contributed by atoms with E-state index >= 15 is 0 Å². The molecule has 5 aromatic rings. The highest BCUT2D eigenvalue weighted by Crippen LogP contribution is 2.37. The van der Waals surface area contributed by atoms with Crippen molar-refractivity contribution in [3.8, 4) is 33.6 Å². The molecule has 2 aliphatic carbocycles. The van der Waals surface area contributed by atoms with Crippen LogP contribution in [0.15, 0.2) is 110 Å². The number of hydrogen-bond acceptors (Lipinski definition) is 8. The highest BCUT2D eigenvalue weighted by atomic mass is 16.5. The van der Waals surface area contributed by atoms with Crippen LogP contribution in [0.2, 0.25) is 0 Å². The molecule has 0 spiro atoms. The van der Waals surface area contributed by atoms with Crippen LogP contribution < -0.4 is 10.6 Å². The fourth-order valence-electron chi connectivity index (χ4n) is 9.99. The Labute approximate surface area is 411 Å². The molecule has 70 heavy (non-hydrogen) atoms. The average Bonchev–Trinajstić information content (AvgIpc) is 4.22. The number of alkyl carbamates (subject to hydrolysis) is 2. The van der Waals surface area contributed by atoms with Crippen molar-refractivity contribution < 1.29 is 28.7 Å². The molecule has 4 atom stereocenters. The van der Waals surface area contributed by atoms with Gasteiger partial charge in [-0.1, -0.05) is 119 Å². The molecular formula is C56H66N8O6. The second-order valence-electron chi connectivity index (χ2n) is 19.4. The molecule has 2 aliphatic heterocycles. The van der Waals surface area contributed by atoms with Crippen LogP contribution in [0.3, 0.4) is 0 Å². The number of nitrogens with one attached hydrogen (secondary N) is 4. The molecule has 2 fully saturated rings. The Morgan fingerprint density at radius 2 is 1.13 bits per heavy atom. The van der Waals surface area contributed by atoms with Crippen molar-refractivity contribution in [3.05, 3.63) is 138 Å². The van der Waals surface area contributed by atoms with Crippen molar-refractivity contribution in [1.29, 1.82) is 0 Å². The zero-order valence-corrected chi connectivity index (χ0v) is 41.3. The summed E-state index contributed by atoms with van der Waals surface area (Å²) in [4.78, 5) is 71.8. The van der Waals surface area contributed by atoms with Crippen molar-refractivity contribution >= 4 is 29.6 Å². The van der Waals surface area contributed by atoms with Gasteiger partial charge in [0, 0.05) is 36.6 Å². The largest absolute Gasteiger partial charge is 0.453 e. The molecule has 2 bridgehead atoms. The van der Waals surface area contributed by atoms with Gasteiger partial charge in [-0.3, -0.25) is 9.59 Å². The number of amides is 4. The second-order valence-corrected chi connectivity index (χ2v) is 19.4. The maximum absolute atomic E-state index is 13.7. The molecule has 0 radical (unpaired) electrons. The van der Waals surface area contributed by atoms with Gasteiger partial charge in [-0.2, -0.15) is 0 Å². The number of aromatic nitrogens is 4. The first-order chi connectivity index (χ1) is 33.7. The van der Waals surface area contributed by atoms with Gasteiger partial charge in [0.15, 0.2) is 0 Å². The van der Waals surface area contributed by atoms with Crippen LogP contribution in [0.25, 0.3) is 39.2 Å². The van der Waals surface area contributed by atoms with Crippen LogP contribution in [-0.2, 0) is 31.9 Å². The number of fused-ring (bicyclic) bond motifs is 8. The number of ether oxygens (including phenoxy) is 2. The van der Waals surface area contributed by atoms with Crippen molar-refractivity contribution in [2.24, 2.45) is 11.8 Å². The van der Waals surface area contributed by atoms with Crippen LogP contribution in [0.1, 0.15) is 107 Å². The summed E-state index contributed by atoms with van der Waals surface area (Å²) in [6.45, 7) is 17.9. The molecule has 14 nitrogen and oxygen atoms in total. The van der Waals surface area contributed by atoms with Crippen molar-refractivity contribution in [2.45, 2.75) is 103 Å². The summed E-state index contributed by atoms with van der Waals surface area (Å²) >= 11 is 0. The number of benzene rings is 3. The van der Waals surface area contributed by atoms with E-state index < -0.39 is 24.3 Å². The molecule has 4 N–H and O–H groups in total. The van der Waals surface area contributed by atoms with E-state index in [1.807, 2.05) is 49.9 Å². The number of imidazole rings is 2. The third-order valence-corrected chi connectivity index (χ3v) is 14.0. The fraction of sp³-hybridized carbons (Fsp3) is 0.393. The summed E-state index contributed by atoms with van der Waals surface area (Å²) in [5, 5.41) is 5.44. The molecular weight excluding hydrogens is 881 g/mol. The van der Waals surface area contributed by atoms with Crippen LogP contribution in [0.5, 0.6) is 0 Å². The normalized spacial score (nSPS) is 19.1. The lowest BCUT2D eigenvalue weighted by Gasteiger charge is -2.29. The van der Waals surface area contributed by atoms with E-state index in [2.05, 4.69) is 107 Å². The second kappa shape index (κ2) is 21.6. The van der Waals surface area contributed by atoms with Gasteiger partial charge >= 0.3 is 12.2 Å². The Bertz CT molecular complexity index is 2770. The van der Waals surface area contributed by atoms with E-state index in [0.29, 0.717) is 13.1 Å². The first-order valence-electron chi connectivity index (χ1n) is 24.5. The number of carbonyl (C=O) groups excluding carboxylic acids is 4. The van der Waals surface area contributed by atoms with E-state index in [0.717, 1.165) is 113 Å². The Kier molecular flexibility index (Phi) is 15.2. The number of methoxy groups -OCH3 is 2. The number of H-pyrrole nitrogens is 2. The number of likely N-dealkylation sites (tertiary alicyclic amines) is 2. The van der Waals surface area contributed by atoms with Crippen LogP contribution in [0.4, 0.5) is 9.59 Å². The quantitative estimate of drug-likeness (QED) is 0.0956. The summed E-state index contributed by atoms with van der Waals surface area (Å²) in [5.41, 5.74) is 12.6. The van der Waals surface area contributed by atoms with E-state index in [4.69, 9.17) is 19.4 Å². The summed E-state index contributed by atoms with van der Waals surface area (Å²) in [5.74, 6) is 0.969. The number of carbonyl (C=O) groups is 4. The van der Waals surface area contributed by atoms with E-state index in [9.17, 15) is 19.2 Å². The summed E-state index contributed by atoms with van der Waals surface area (Å²) in [6, 6.07) is 21.9. The number of allylic oxidation sites excluding steroid dienone is 4. The zero-order chi connectivity index (χ0) is 49.6.